The summed E-state index contributed by atoms with van der Waals surface area (Å²) in [5, 5.41) is 3.43. The first-order chi connectivity index (χ1) is 9.13. The van der Waals surface area contributed by atoms with Crippen LogP contribution in [0.15, 0.2) is 16.7 Å². The lowest BCUT2D eigenvalue weighted by Crippen LogP contribution is -2.19. The van der Waals surface area contributed by atoms with Gasteiger partial charge < -0.3 is 14.5 Å². The van der Waals surface area contributed by atoms with E-state index in [1.807, 2.05) is 6.07 Å². The van der Waals surface area contributed by atoms with Crippen LogP contribution in [0.2, 0.25) is 0 Å². The first kappa shape index (κ1) is 16.3. The highest BCUT2D eigenvalue weighted by molar-refractivity contribution is 5.16. The van der Waals surface area contributed by atoms with Crippen LogP contribution in [0.3, 0.4) is 0 Å². The number of ether oxygens (including phenoxy) is 1. The fraction of sp³-hybridized carbons (Fsp3) is 0.750. The summed E-state index contributed by atoms with van der Waals surface area (Å²) in [6.07, 6.45) is 4.19. The van der Waals surface area contributed by atoms with E-state index in [9.17, 15) is 0 Å². The van der Waals surface area contributed by atoms with Crippen molar-refractivity contribution in [3.8, 4) is 0 Å². The van der Waals surface area contributed by atoms with Crippen LogP contribution in [0.1, 0.15) is 51.9 Å². The number of rotatable bonds is 10. The molecule has 0 radical (unpaired) electrons. The molecule has 0 aliphatic heterocycles. The average Bonchev–Trinajstić information content (AvgIpc) is 2.77. The molecule has 1 aromatic rings. The van der Waals surface area contributed by atoms with Crippen LogP contribution in [-0.4, -0.2) is 13.2 Å². The predicted molar refractivity (Wildman–Crippen MR) is 79.0 cm³/mol. The van der Waals surface area contributed by atoms with Crippen molar-refractivity contribution in [1.29, 1.82) is 0 Å². The third-order valence-electron chi connectivity index (χ3n) is 3.12. The molecule has 1 heterocycles. The molecule has 1 unspecified atom stereocenters. The van der Waals surface area contributed by atoms with Gasteiger partial charge in [0.05, 0.1) is 6.26 Å². The van der Waals surface area contributed by atoms with Gasteiger partial charge in [0.15, 0.2) is 0 Å². The van der Waals surface area contributed by atoms with Crippen molar-refractivity contribution in [1.82, 2.24) is 5.32 Å². The van der Waals surface area contributed by atoms with Gasteiger partial charge in [0, 0.05) is 18.7 Å². The zero-order valence-electron chi connectivity index (χ0n) is 12.9. The second kappa shape index (κ2) is 9.16. The molecule has 1 aromatic heterocycles. The molecule has 3 heteroatoms. The number of nitrogens with one attached hydrogen (secondary N) is 1. The molecule has 0 aliphatic carbocycles. The van der Waals surface area contributed by atoms with Gasteiger partial charge in [0.2, 0.25) is 0 Å². The monoisotopic (exact) mass is 267 g/mol. The van der Waals surface area contributed by atoms with Crippen LogP contribution in [0.4, 0.5) is 0 Å². The maximum atomic E-state index is 5.74. The molecular formula is C16H29NO2. The zero-order chi connectivity index (χ0) is 14.1. The predicted octanol–water partition coefficient (Wildman–Crippen LogP) is 3.98. The maximum absolute atomic E-state index is 5.74. The molecule has 0 saturated carbocycles. The molecule has 3 nitrogen and oxygen atoms in total. The van der Waals surface area contributed by atoms with E-state index in [0.717, 1.165) is 25.5 Å². The van der Waals surface area contributed by atoms with Crippen molar-refractivity contribution in [2.75, 3.05) is 13.2 Å². The summed E-state index contributed by atoms with van der Waals surface area (Å²) in [6, 6.07) is 2.03. The highest BCUT2D eigenvalue weighted by Gasteiger charge is 2.08. The molecule has 0 aliphatic rings. The van der Waals surface area contributed by atoms with Crippen molar-refractivity contribution < 1.29 is 9.15 Å². The Morgan fingerprint density at radius 3 is 2.79 bits per heavy atom. The lowest BCUT2D eigenvalue weighted by Gasteiger charge is -2.11. The van der Waals surface area contributed by atoms with Crippen molar-refractivity contribution in [3.05, 3.63) is 23.7 Å². The molecule has 0 spiro atoms. The molecule has 19 heavy (non-hydrogen) atoms. The van der Waals surface area contributed by atoms with Gasteiger partial charge in [-0.25, -0.2) is 0 Å². The minimum Gasteiger partial charge on any atom is -0.467 e. The lowest BCUT2D eigenvalue weighted by molar-refractivity contribution is 0.0769. The van der Waals surface area contributed by atoms with Gasteiger partial charge in [0.25, 0.3) is 0 Å². The second-order valence-corrected chi connectivity index (χ2v) is 5.80. The van der Waals surface area contributed by atoms with Gasteiger partial charge in [-0.3, -0.25) is 0 Å². The van der Waals surface area contributed by atoms with Crippen LogP contribution < -0.4 is 5.32 Å². The van der Waals surface area contributed by atoms with E-state index in [1.54, 1.807) is 6.26 Å². The van der Waals surface area contributed by atoms with Crippen molar-refractivity contribution >= 4 is 0 Å². The van der Waals surface area contributed by atoms with Gasteiger partial charge in [-0.05, 0) is 30.9 Å². The Labute approximate surface area is 117 Å². The average molecular weight is 267 g/mol. The van der Waals surface area contributed by atoms with Crippen molar-refractivity contribution in [2.45, 2.75) is 53.7 Å². The summed E-state index contributed by atoms with van der Waals surface area (Å²) in [4.78, 5) is 0. The standard InChI is InChI=1S/C16H29NO2/c1-5-6-14(4)11-18-12-16-15(7-8-19-16)10-17-9-13(2)3/h7-8,13-14,17H,5-6,9-12H2,1-4H3. The van der Waals surface area contributed by atoms with E-state index in [0.29, 0.717) is 18.4 Å². The molecule has 0 amide bonds. The first-order valence-electron chi connectivity index (χ1n) is 7.47. The van der Waals surface area contributed by atoms with E-state index >= 15 is 0 Å². The fourth-order valence-corrected chi connectivity index (χ4v) is 2.08. The number of furan rings is 1. The van der Waals surface area contributed by atoms with Crippen LogP contribution in [0.25, 0.3) is 0 Å². The molecule has 1 atom stereocenters. The number of hydrogen-bond acceptors (Lipinski definition) is 3. The Balaban J connectivity index is 2.28. The van der Waals surface area contributed by atoms with Crippen LogP contribution >= 0.6 is 0 Å². The quantitative estimate of drug-likeness (QED) is 0.696. The third-order valence-corrected chi connectivity index (χ3v) is 3.12. The lowest BCUT2D eigenvalue weighted by atomic mass is 10.1. The molecule has 0 aromatic carbocycles. The van der Waals surface area contributed by atoms with Gasteiger partial charge in [-0.15, -0.1) is 0 Å². The molecule has 0 fully saturated rings. The Morgan fingerprint density at radius 1 is 1.32 bits per heavy atom. The maximum Gasteiger partial charge on any atom is 0.133 e. The normalized spacial score (nSPS) is 13.1. The highest BCUT2D eigenvalue weighted by Crippen LogP contribution is 2.13. The zero-order valence-corrected chi connectivity index (χ0v) is 12.9. The summed E-state index contributed by atoms with van der Waals surface area (Å²) < 4.78 is 11.2. The van der Waals surface area contributed by atoms with Gasteiger partial charge in [0.1, 0.15) is 12.4 Å². The molecule has 110 valence electrons. The fourth-order valence-electron chi connectivity index (χ4n) is 2.08. The summed E-state index contributed by atoms with van der Waals surface area (Å²) in [7, 11) is 0. The Bertz CT molecular complexity index is 333. The molecule has 0 saturated heterocycles. The van der Waals surface area contributed by atoms with Gasteiger partial charge in [-0.1, -0.05) is 34.1 Å². The Kier molecular flexibility index (Phi) is 7.84. The SMILES string of the molecule is CCCC(C)COCc1occc1CNCC(C)C. The summed E-state index contributed by atoms with van der Waals surface area (Å²) >= 11 is 0. The van der Waals surface area contributed by atoms with Crippen molar-refractivity contribution in [3.63, 3.8) is 0 Å². The highest BCUT2D eigenvalue weighted by atomic mass is 16.5. The Hall–Kier alpha value is -0.800. The summed E-state index contributed by atoms with van der Waals surface area (Å²) in [6.45, 7) is 12.1. The third kappa shape index (κ3) is 6.79. The largest absolute Gasteiger partial charge is 0.467 e. The molecule has 1 N–H and O–H groups in total. The van der Waals surface area contributed by atoms with Gasteiger partial charge >= 0.3 is 0 Å². The minimum atomic E-state index is 0.583. The second-order valence-electron chi connectivity index (χ2n) is 5.80. The molecular weight excluding hydrogens is 238 g/mol. The van der Waals surface area contributed by atoms with E-state index in [-0.39, 0.29) is 0 Å². The van der Waals surface area contributed by atoms with Gasteiger partial charge in [-0.2, -0.15) is 0 Å². The van der Waals surface area contributed by atoms with E-state index in [2.05, 4.69) is 33.0 Å². The molecule has 0 bridgehead atoms. The number of hydrogen-bond donors (Lipinski definition) is 1. The van der Waals surface area contributed by atoms with Crippen LogP contribution in [-0.2, 0) is 17.9 Å². The summed E-state index contributed by atoms with van der Waals surface area (Å²) in [5.41, 5.74) is 1.21. The summed E-state index contributed by atoms with van der Waals surface area (Å²) in [5.74, 6) is 2.25. The van der Waals surface area contributed by atoms with Crippen molar-refractivity contribution in [2.24, 2.45) is 11.8 Å². The van der Waals surface area contributed by atoms with Crippen LogP contribution in [0, 0.1) is 11.8 Å². The topological polar surface area (TPSA) is 34.4 Å². The van der Waals surface area contributed by atoms with E-state index < -0.39 is 0 Å². The molecule has 1 rings (SSSR count). The van der Waals surface area contributed by atoms with Crippen LogP contribution in [0.5, 0.6) is 0 Å². The van der Waals surface area contributed by atoms with E-state index in [4.69, 9.17) is 9.15 Å². The minimum absolute atomic E-state index is 0.583. The van der Waals surface area contributed by atoms with E-state index in [1.165, 1.54) is 18.4 Å². The first-order valence-corrected chi connectivity index (χ1v) is 7.47. The smallest absolute Gasteiger partial charge is 0.133 e. The Morgan fingerprint density at radius 2 is 2.11 bits per heavy atom.